The Kier molecular flexibility index (Phi) is 4.94. The summed E-state index contributed by atoms with van der Waals surface area (Å²) in [5.74, 6) is -0.289. The Hall–Kier alpha value is -1.91. The van der Waals surface area contributed by atoms with Gasteiger partial charge in [-0.15, -0.1) is 0 Å². The lowest BCUT2D eigenvalue weighted by molar-refractivity contribution is 0.0926. The highest BCUT2D eigenvalue weighted by Crippen LogP contribution is 2.19. The maximum Gasteiger partial charge on any atom is 0.176 e. The molecule has 3 rings (SSSR count). The molecule has 0 N–H and O–H groups in total. The monoisotopic (exact) mass is 332 g/mol. The van der Waals surface area contributed by atoms with Crippen molar-refractivity contribution in [1.82, 2.24) is 4.90 Å². The van der Waals surface area contributed by atoms with Gasteiger partial charge in [0.2, 0.25) is 0 Å². The Morgan fingerprint density at radius 1 is 0.957 bits per heavy atom. The van der Waals surface area contributed by atoms with E-state index in [9.17, 15) is 9.18 Å². The average Bonchev–Trinajstić information content (AvgIpc) is 2.57. The molecule has 0 aliphatic carbocycles. The molecule has 1 heterocycles. The highest BCUT2D eigenvalue weighted by atomic mass is 35.5. The van der Waals surface area contributed by atoms with Crippen LogP contribution in [0.4, 0.5) is 10.1 Å². The van der Waals surface area contributed by atoms with Crippen LogP contribution in [0, 0.1) is 5.82 Å². The zero-order valence-electron chi connectivity index (χ0n) is 12.7. The van der Waals surface area contributed by atoms with E-state index in [1.165, 1.54) is 12.1 Å². The summed E-state index contributed by atoms with van der Waals surface area (Å²) < 4.78 is 12.9. The van der Waals surface area contributed by atoms with E-state index in [2.05, 4.69) is 9.80 Å². The first-order chi connectivity index (χ1) is 11.1. The standard InChI is InChI=1S/C18H18ClFN2O/c19-15-3-7-17(8-4-15)22-11-9-21(10-12-22)13-18(23)14-1-5-16(20)6-2-14/h1-8H,9-13H2. The molecule has 0 radical (unpaired) electrons. The molecule has 2 aromatic rings. The number of rotatable bonds is 4. The first kappa shape index (κ1) is 16.0. The average molecular weight is 333 g/mol. The van der Waals surface area contributed by atoms with Crippen molar-refractivity contribution in [3.63, 3.8) is 0 Å². The van der Waals surface area contributed by atoms with Gasteiger partial charge in [-0.3, -0.25) is 9.69 Å². The molecule has 0 amide bonds. The minimum atomic E-state index is -0.321. The number of nitrogens with zero attached hydrogens (tertiary/aromatic N) is 2. The van der Waals surface area contributed by atoms with Gasteiger partial charge in [0.25, 0.3) is 0 Å². The molecule has 0 unspecified atom stereocenters. The number of hydrogen-bond donors (Lipinski definition) is 0. The van der Waals surface area contributed by atoms with Crippen molar-refractivity contribution in [2.75, 3.05) is 37.6 Å². The first-order valence-electron chi connectivity index (χ1n) is 7.63. The normalized spacial score (nSPS) is 15.7. The molecular weight excluding hydrogens is 315 g/mol. The van der Waals surface area contributed by atoms with Crippen molar-refractivity contribution in [3.8, 4) is 0 Å². The van der Waals surface area contributed by atoms with Crippen LogP contribution < -0.4 is 4.90 Å². The number of ketones is 1. The molecule has 0 atom stereocenters. The van der Waals surface area contributed by atoms with Crippen LogP contribution in [0.3, 0.4) is 0 Å². The maximum atomic E-state index is 12.9. The lowest BCUT2D eigenvalue weighted by Gasteiger charge is -2.35. The summed E-state index contributed by atoms with van der Waals surface area (Å²) in [7, 11) is 0. The fourth-order valence-corrected chi connectivity index (χ4v) is 2.87. The van der Waals surface area contributed by atoms with Gasteiger partial charge < -0.3 is 4.90 Å². The molecule has 1 fully saturated rings. The number of benzene rings is 2. The number of carbonyl (C=O) groups is 1. The minimum Gasteiger partial charge on any atom is -0.369 e. The molecule has 0 spiro atoms. The van der Waals surface area contributed by atoms with E-state index in [0.29, 0.717) is 12.1 Å². The van der Waals surface area contributed by atoms with E-state index < -0.39 is 0 Å². The fourth-order valence-electron chi connectivity index (χ4n) is 2.75. The molecule has 2 aromatic carbocycles. The topological polar surface area (TPSA) is 23.6 Å². The molecular formula is C18H18ClFN2O. The summed E-state index contributed by atoms with van der Waals surface area (Å²) in [4.78, 5) is 16.6. The van der Waals surface area contributed by atoms with E-state index in [-0.39, 0.29) is 11.6 Å². The Labute approximate surface area is 140 Å². The fraction of sp³-hybridized carbons (Fsp3) is 0.278. The number of hydrogen-bond acceptors (Lipinski definition) is 3. The van der Waals surface area contributed by atoms with Crippen LogP contribution in [-0.2, 0) is 0 Å². The molecule has 0 saturated carbocycles. The van der Waals surface area contributed by atoms with Crippen LogP contribution >= 0.6 is 11.6 Å². The van der Waals surface area contributed by atoms with Crippen LogP contribution in [0.5, 0.6) is 0 Å². The minimum absolute atomic E-state index is 0.0324. The van der Waals surface area contributed by atoms with Gasteiger partial charge in [-0.2, -0.15) is 0 Å². The first-order valence-corrected chi connectivity index (χ1v) is 8.01. The molecule has 5 heteroatoms. The van der Waals surface area contributed by atoms with Gasteiger partial charge in [0.05, 0.1) is 6.54 Å². The molecule has 3 nitrogen and oxygen atoms in total. The lowest BCUT2D eigenvalue weighted by atomic mass is 10.1. The Balaban J connectivity index is 1.53. The van der Waals surface area contributed by atoms with Crippen LogP contribution in [-0.4, -0.2) is 43.4 Å². The molecule has 1 aliphatic rings. The summed E-state index contributed by atoms with van der Waals surface area (Å²) in [5.41, 5.74) is 1.71. The van der Waals surface area contributed by atoms with E-state index in [1.54, 1.807) is 12.1 Å². The highest BCUT2D eigenvalue weighted by molar-refractivity contribution is 6.30. The molecule has 23 heavy (non-hydrogen) atoms. The molecule has 0 aromatic heterocycles. The van der Waals surface area contributed by atoms with Crippen LogP contribution in [0.2, 0.25) is 5.02 Å². The predicted molar refractivity (Wildman–Crippen MR) is 90.8 cm³/mol. The van der Waals surface area contributed by atoms with Gasteiger partial charge in [0.15, 0.2) is 5.78 Å². The maximum absolute atomic E-state index is 12.9. The van der Waals surface area contributed by atoms with Crippen molar-refractivity contribution >= 4 is 23.1 Å². The summed E-state index contributed by atoms with van der Waals surface area (Å²) in [6, 6.07) is 13.5. The van der Waals surface area contributed by atoms with E-state index in [0.717, 1.165) is 36.9 Å². The summed E-state index contributed by atoms with van der Waals surface area (Å²) >= 11 is 5.91. The summed E-state index contributed by atoms with van der Waals surface area (Å²) in [5, 5.41) is 0.734. The number of Topliss-reactive ketones (excluding diaryl/α,β-unsaturated/α-hetero) is 1. The molecule has 120 valence electrons. The smallest absolute Gasteiger partial charge is 0.176 e. The van der Waals surface area contributed by atoms with Crippen LogP contribution in [0.15, 0.2) is 48.5 Å². The van der Waals surface area contributed by atoms with Crippen LogP contribution in [0.1, 0.15) is 10.4 Å². The Bertz CT molecular complexity index is 664. The SMILES string of the molecule is O=C(CN1CCN(c2ccc(Cl)cc2)CC1)c1ccc(F)cc1. The van der Waals surface area contributed by atoms with Crippen molar-refractivity contribution in [3.05, 3.63) is 64.9 Å². The summed E-state index contributed by atoms with van der Waals surface area (Å²) in [6.45, 7) is 3.78. The quantitative estimate of drug-likeness (QED) is 0.801. The zero-order chi connectivity index (χ0) is 16.2. The number of anilines is 1. The third-order valence-corrected chi connectivity index (χ3v) is 4.35. The number of piperazine rings is 1. The molecule has 1 saturated heterocycles. The van der Waals surface area contributed by atoms with Gasteiger partial charge in [0, 0.05) is 42.5 Å². The Morgan fingerprint density at radius 3 is 2.17 bits per heavy atom. The number of halogens is 2. The second-order valence-electron chi connectivity index (χ2n) is 5.67. The van der Waals surface area contributed by atoms with E-state index >= 15 is 0 Å². The molecule has 0 bridgehead atoms. The summed E-state index contributed by atoms with van der Waals surface area (Å²) in [6.07, 6.45) is 0. The van der Waals surface area contributed by atoms with Crippen molar-refractivity contribution < 1.29 is 9.18 Å². The Morgan fingerprint density at radius 2 is 1.57 bits per heavy atom. The van der Waals surface area contributed by atoms with Gasteiger partial charge in [0.1, 0.15) is 5.82 Å². The van der Waals surface area contributed by atoms with Crippen molar-refractivity contribution in [2.24, 2.45) is 0 Å². The van der Waals surface area contributed by atoms with Crippen LogP contribution in [0.25, 0.3) is 0 Å². The van der Waals surface area contributed by atoms with Gasteiger partial charge in [-0.25, -0.2) is 4.39 Å². The van der Waals surface area contributed by atoms with Crippen molar-refractivity contribution in [1.29, 1.82) is 0 Å². The van der Waals surface area contributed by atoms with E-state index in [1.807, 2.05) is 24.3 Å². The number of carbonyl (C=O) groups excluding carboxylic acids is 1. The largest absolute Gasteiger partial charge is 0.369 e. The molecule has 1 aliphatic heterocycles. The van der Waals surface area contributed by atoms with Gasteiger partial charge in [-0.1, -0.05) is 11.6 Å². The second kappa shape index (κ2) is 7.11. The van der Waals surface area contributed by atoms with Gasteiger partial charge in [-0.05, 0) is 48.5 Å². The van der Waals surface area contributed by atoms with E-state index in [4.69, 9.17) is 11.6 Å². The zero-order valence-corrected chi connectivity index (χ0v) is 13.5. The third-order valence-electron chi connectivity index (χ3n) is 4.10. The second-order valence-corrected chi connectivity index (χ2v) is 6.11. The van der Waals surface area contributed by atoms with Crippen molar-refractivity contribution in [2.45, 2.75) is 0 Å². The highest BCUT2D eigenvalue weighted by Gasteiger charge is 2.19. The van der Waals surface area contributed by atoms with Gasteiger partial charge >= 0.3 is 0 Å². The third kappa shape index (κ3) is 4.09. The predicted octanol–water partition coefficient (Wildman–Crippen LogP) is 3.48. The lowest BCUT2D eigenvalue weighted by Crippen LogP contribution is -2.48.